The van der Waals surface area contributed by atoms with Gasteiger partial charge in [-0.05, 0) is 30.2 Å². The first-order valence-corrected chi connectivity index (χ1v) is 6.17. The summed E-state index contributed by atoms with van der Waals surface area (Å²) in [6, 6.07) is 14.2. The SMILES string of the molecule is Cc1ccc(C(NN)c2ccc(OC(F)F)cc2)cc1. The lowest BCUT2D eigenvalue weighted by atomic mass is 9.98. The minimum Gasteiger partial charge on any atom is -0.435 e. The molecule has 1 unspecified atom stereocenters. The van der Waals surface area contributed by atoms with E-state index < -0.39 is 6.61 Å². The van der Waals surface area contributed by atoms with Gasteiger partial charge >= 0.3 is 6.61 Å². The molecule has 2 aromatic carbocycles. The number of rotatable bonds is 5. The Kier molecular flexibility index (Phi) is 4.65. The van der Waals surface area contributed by atoms with Crippen molar-refractivity contribution in [1.29, 1.82) is 0 Å². The average Bonchev–Trinajstić information content (AvgIpc) is 2.43. The van der Waals surface area contributed by atoms with Crippen LogP contribution in [0.15, 0.2) is 48.5 Å². The second kappa shape index (κ2) is 6.45. The summed E-state index contributed by atoms with van der Waals surface area (Å²) in [5.41, 5.74) is 5.76. The van der Waals surface area contributed by atoms with Crippen LogP contribution >= 0.6 is 0 Å². The lowest BCUT2D eigenvalue weighted by molar-refractivity contribution is -0.0498. The van der Waals surface area contributed by atoms with Crippen LogP contribution < -0.4 is 16.0 Å². The summed E-state index contributed by atoms with van der Waals surface area (Å²) < 4.78 is 28.5. The fourth-order valence-electron chi connectivity index (χ4n) is 1.99. The van der Waals surface area contributed by atoms with Gasteiger partial charge in [-0.1, -0.05) is 42.0 Å². The molecule has 0 saturated carbocycles. The largest absolute Gasteiger partial charge is 0.435 e. The zero-order chi connectivity index (χ0) is 14.5. The van der Waals surface area contributed by atoms with Gasteiger partial charge in [0.05, 0.1) is 6.04 Å². The number of aryl methyl sites for hydroxylation is 1. The van der Waals surface area contributed by atoms with Crippen LogP contribution in [0.3, 0.4) is 0 Å². The van der Waals surface area contributed by atoms with Crippen LogP contribution in [0.2, 0.25) is 0 Å². The molecule has 1 atom stereocenters. The summed E-state index contributed by atoms with van der Waals surface area (Å²) in [5, 5.41) is 0. The number of halogens is 2. The molecule has 0 amide bonds. The highest BCUT2D eigenvalue weighted by atomic mass is 19.3. The Labute approximate surface area is 116 Å². The fourth-order valence-corrected chi connectivity index (χ4v) is 1.99. The lowest BCUT2D eigenvalue weighted by Gasteiger charge is -2.17. The quantitative estimate of drug-likeness (QED) is 0.652. The fraction of sp³-hybridized carbons (Fsp3) is 0.200. The second-order valence-corrected chi connectivity index (χ2v) is 4.46. The molecule has 0 aliphatic rings. The Hall–Kier alpha value is -1.98. The van der Waals surface area contributed by atoms with E-state index >= 15 is 0 Å². The number of hydrogen-bond donors (Lipinski definition) is 2. The third kappa shape index (κ3) is 3.53. The summed E-state index contributed by atoms with van der Waals surface area (Å²) in [7, 11) is 0. The van der Waals surface area contributed by atoms with Crippen LogP contribution in [0.1, 0.15) is 22.7 Å². The molecule has 2 rings (SSSR count). The van der Waals surface area contributed by atoms with Gasteiger partial charge in [-0.15, -0.1) is 0 Å². The Morgan fingerprint density at radius 1 is 0.950 bits per heavy atom. The maximum absolute atomic E-state index is 12.1. The predicted octanol–water partition coefficient (Wildman–Crippen LogP) is 3.15. The van der Waals surface area contributed by atoms with Gasteiger partial charge in [0.2, 0.25) is 0 Å². The highest BCUT2D eigenvalue weighted by molar-refractivity contribution is 5.36. The third-order valence-electron chi connectivity index (χ3n) is 3.02. The van der Waals surface area contributed by atoms with E-state index in [0.717, 1.165) is 16.7 Å². The lowest BCUT2D eigenvalue weighted by Crippen LogP contribution is -2.28. The molecule has 0 bridgehead atoms. The van der Waals surface area contributed by atoms with Gasteiger partial charge in [-0.25, -0.2) is 5.43 Å². The van der Waals surface area contributed by atoms with Gasteiger partial charge in [0.25, 0.3) is 0 Å². The summed E-state index contributed by atoms with van der Waals surface area (Å²) in [4.78, 5) is 0. The van der Waals surface area contributed by atoms with E-state index in [2.05, 4.69) is 10.2 Å². The van der Waals surface area contributed by atoms with E-state index in [4.69, 9.17) is 5.84 Å². The van der Waals surface area contributed by atoms with Gasteiger partial charge in [0.15, 0.2) is 0 Å². The summed E-state index contributed by atoms with van der Waals surface area (Å²) in [5.74, 6) is 5.72. The Bertz CT molecular complexity index is 541. The van der Waals surface area contributed by atoms with Gasteiger partial charge < -0.3 is 4.74 Å². The molecular formula is C15H16F2N2O. The molecule has 0 radical (unpaired) electrons. The van der Waals surface area contributed by atoms with Crippen molar-refractivity contribution in [3.8, 4) is 5.75 Å². The molecule has 106 valence electrons. The summed E-state index contributed by atoms with van der Waals surface area (Å²) in [6.07, 6.45) is 0. The zero-order valence-electron chi connectivity index (χ0n) is 11.0. The summed E-state index contributed by atoms with van der Waals surface area (Å²) >= 11 is 0. The van der Waals surface area contributed by atoms with E-state index in [1.54, 1.807) is 12.1 Å². The van der Waals surface area contributed by atoms with E-state index in [-0.39, 0.29) is 11.8 Å². The van der Waals surface area contributed by atoms with E-state index in [0.29, 0.717) is 0 Å². The Morgan fingerprint density at radius 2 is 1.45 bits per heavy atom. The van der Waals surface area contributed by atoms with Crippen molar-refractivity contribution >= 4 is 0 Å². The van der Waals surface area contributed by atoms with Crippen molar-refractivity contribution in [2.45, 2.75) is 19.6 Å². The molecular weight excluding hydrogens is 262 g/mol. The molecule has 5 heteroatoms. The first-order valence-electron chi connectivity index (χ1n) is 6.17. The summed E-state index contributed by atoms with van der Waals surface area (Å²) in [6.45, 7) is -0.813. The molecule has 0 fully saturated rings. The second-order valence-electron chi connectivity index (χ2n) is 4.46. The molecule has 0 saturated heterocycles. The Balaban J connectivity index is 2.21. The molecule has 3 N–H and O–H groups in total. The number of hydrogen-bond acceptors (Lipinski definition) is 3. The van der Waals surface area contributed by atoms with Crippen molar-refractivity contribution < 1.29 is 13.5 Å². The molecule has 3 nitrogen and oxygen atoms in total. The highest BCUT2D eigenvalue weighted by Crippen LogP contribution is 2.24. The monoisotopic (exact) mass is 278 g/mol. The number of benzene rings is 2. The topological polar surface area (TPSA) is 47.3 Å². The smallest absolute Gasteiger partial charge is 0.387 e. The van der Waals surface area contributed by atoms with E-state index in [1.807, 2.05) is 31.2 Å². The van der Waals surface area contributed by atoms with Crippen molar-refractivity contribution in [2.24, 2.45) is 5.84 Å². The van der Waals surface area contributed by atoms with Gasteiger partial charge in [0, 0.05) is 0 Å². The minimum atomic E-state index is -2.82. The van der Waals surface area contributed by atoms with Gasteiger partial charge in [-0.3, -0.25) is 5.84 Å². The molecule has 0 aliphatic heterocycles. The van der Waals surface area contributed by atoms with E-state index in [1.165, 1.54) is 12.1 Å². The molecule has 2 aromatic rings. The van der Waals surface area contributed by atoms with E-state index in [9.17, 15) is 8.78 Å². The van der Waals surface area contributed by atoms with Crippen molar-refractivity contribution in [3.63, 3.8) is 0 Å². The van der Waals surface area contributed by atoms with Gasteiger partial charge in [-0.2, -0.15) is 8.78 Å². The normalized spacial score (nSPS) is 12.4. The zero-order valence-corrected chi connectivity index (χ0v) is 11.0. The number of alkyl halides is 2. The highest BCUT2D eigenvalue weighted by Gasteiger charge is 2.12. The van der Waals surface area contributed by atoms with Crippen LogP contribution in [0.5, 0.6) is 5.75 Å². The maximum atomic E-state index is 12.1. The number of ether oxygens (including phenoxy) is 1. The third-order valence-corrected chi connectivity index (χ3v) is 3.02. The molecule has 0 aliphatic carbocycles. The van der Waals surface area contributed by atoms with Crippen LogP contribution in [0.25, 0.3) is 0 Å². The number of nitrogens with one attached hydrogen (secondary N) is 1. The molecule has 20 heavy (non-hydrogen) atoms. The van der Waals surface area contributed by atoms with Crippen molar-refractivity contribution in [1.82, 2.24) is 5.43 Å². The van der Waals surface area contributed by atoms with Gasteiger partial charge in [0.1, 0.15) is 5.75 Å². The molecule has 0 aromatic heterocycles. The molecule has 0 spiro atoms. The van der Waals surface area contributed by atoms with Crippen molar-refractivity contribution in [2.75, 3.05) is 0 Å². The Morgan fingerprint density at radius 3 is 1.90 bits per heavy atom. The predicted molar refractivity (Wildman–Crippen MR) is 73.4 cm³/mol. The minimum absolute atomic E-state index is 0.128. The van der Waals surface area contributed by atoms with Crippen LogP contribution in [0, 0.1) is 6.92 Å². The van der Waals surface area contributed by atoms with Crippen LogP contribution in [-0.2, 0) is 0 Å². The first kappa shape index (κ1) is 14.4. The standard InChI is InChI=1S/C15H16F2N2O/c1-10-2-4-11(5-3-10)14(19-18)12-6-8-13(9-7-12)20-15(16)17/h2-9,14-15,19H,18H2,1H3. The number of nitrogens with two attached hydrogens (primary N) is 1. The van der Waals surface area contributed by atoms with Crippen LogP contribution in [0.4, 0.5) is 8.78 Å². The van der Waals surface area contributed by atoms with Crippen molar-refractivity contribution in [3.05, 3.63) is 65.2 Å². The average molecular weight is 278 g/mol. The maximum Gasteiger partial charge on any atom is 0.387 e. The first-order chi connectivity index (χ1) is 9.60. The molecule has 0 heterocycles. The number of hydrazine groups is 1. The van der Waals surface area contributed by atoms with Crippen LogP contribution in [-0.4, -0.2) is 6.61 Å².